The summed E-state index contributed by atoms with van der Waals surface area (Å²) in [5, 5.41) is 3.46. The van der Waals surface area contributed by atoms with Gasteiger partial charge in [-0.25, -0.2) is 4.98 Å². The van der Waals surface area contributed by atoms with Gasteiger partial charge in [0.05, 0.1) is 5.69 Å². The van der Waals surface area contributed by atoms with Gasteiger partial charge in [0.1, 0.15) is 5.82 Å². The van der Waals surface area contributed by atoms with Crippen LogP contribution >= 0.6 is 0 Å². The third-order valence-corrected chi connectivity index (χ3v) is 3.87. The van der Waals surface area contributed by atoms with Crippen molar-refractivity contribution in [3.63, 3.8) is 0 Å². The van der Waals surface area contributed by atoms with Crippen molar-refractivity contribution in [3.05, 3.63) is 23.9 Å². The van der Waals surface area contributed by atoms with Crippen molar-refractivity contribution >= 4 is 5.82 Å². The van der Waals surface area contributed by atoms with Crippen molar-refractivity contribution in [2.24, 2.45) is 5.92 Å². The predicted molar refractivity (Wildman–Crippen MR) is 85.1 cm³/mol. The second-order valence-corrected chi connectivity index (χ2v) is 6.36. The molecule has 1 aromatic rings. The fourth-order valence-electron chi connectivity index (χ4n) is 2.60. The Morgan fingerprint density at radius 3 is 2.85 bits per heavy atom. The molecule has 0 radical (unpaired) electrons. The van der Waals surface area contributed by atoms with Crippen LogP contribution in [0.4, 0.5) is 5.82 Å². The fourth-order valence-corrected chi connectivity index (χ4v) is 2.60. The van der Waals surface area contributed by atoms with Crippen molar-refractivity contribution in [1.82, 2.24) is 15.2 Å². The van der Waals surface area contributed by atoms with Crippen molar-refractivity contribution in [1.29, 1.82) is 0 Å². The van der Waals surface area contributed by atoms with Gasteiger partial charge in [-0.3, -0.25) is 0 Å². The van der Waals surface area contributed by atoms with E-state index in [1.54, 1.807) is 0 Å². The van der Waals surface area contributed by atoms with E-state index in [0.29, 0.717) is 12.0 Å². The summed E-state index contributed by atoms with van der Waals surface area (Å²) < 4.78 is 0. The second kappa shape index (κ2) is 7.04. The molecular formula is C16H28N4. The lowest BCUT2D eigenvalue weighted by atomic mass is 10.2. The zero-order chi connectivity index (χ0) is 14.5. The number of pyridine rings is 1. The molecule has 20 heavy (non-hydrogen) atoms. The summed E-state index contributed by atoms with van der Waals surface area (Å²) in [4.78, 5) is 9.50. The third kappa shape index (κ3) is 4.18. The summed E-state index contributed by atoms with van der Waals surface area (Å²) in [6.07, 6.45) is 1.23. The van der Waals surface area contributed by atoms with E-state index in [0.717, 1.165) is 37.7 Å². The molecule has 0 spiro atoms. The first-order valence-electron chi connectivity index (χ1n) is 7.64. The Kier molecular flexibility index (Phi) is 5.38. The highest BCUT2D eigenvalue weighted by Crippen LogP contribution is 2.20. The molecule has 4 nitrogen and oxygen atoms in total. The van der Waals surface area contributed by atoms with Crippen LogP contribution in [0.2, 0.25) is 0 Å². The number of likely N-dealkylation sites (N-methyl/N-ethyl adjacent to an activating group) is 1. The lowest BCUT2D eigenvalue weighted by molar-refractivity contribution is 0.315. The Morgan fingerprint density at radius 2 is 2.20 bits per heavy atom. The van der Waals surface area contributed by atoms with Crippen molar-refractivity contribution in [2.75, 3.05) is 38.6 Å². The maximum atomic E-state index is 4.79. The van der Waals surface area contributed by atoms with E-state index < -0.39 is 0 Å². The Hall–Kier alpha value is -1.13. The lowest BCUT2D eigenvalue weighted by Crippen LogP contribution is -2.31. The molecule has 2 heterocycles. The SMILES string of the molecule is CC(C)CNCc1cccc(N2CCC(N(C)C)C2)n1. The first kappa shape index (κ1) is 15.3. The van der Waals surface area contributed by atoms with Crippen molar-refractivity contribution in [2.45, 2.75) is 32.9 Å². The molecule has 1 aliphatic heterocycles. The molecule has 0 aliphatic carbocycles. The van der Waals surface area contributed by atoms with Gasteiger partial charge < -0.3 is 15.1 Å². The number of hydrogen-bond donors (Lipinski definition) is 1. The van der Waals surface area contributed by atoms with Gasteiger partial charge in [0.25, 0.3) is 0 Å². The summed E-state index contributed by atoms with van der Waals surface area (Å²) in [7, 11) is 4.32. The van der Waals surface area contributed by atoms with E-state index >= 15 is 0 Å². The zero-order valence-electron chi connectivity index (χ0n) is 13.3. The predicted octanol–water partition coefficient (Wildman–Crippen LogP) is 1.97. The number of nitrogens with one attached hydrogen (secondary N) is 1. The van der Waals surface area contributed by atoms with Gasteiger partial charge in [-0.1, -0.05) is 19.9 Å². The molecule has 1 fully saturated rings. The maximum absolute atomic E-state index is 4.79. The van der Waals surface area contributed by atoms with Crippen LogP contribution in [0.15, 0.2) is 18.2 Å². The van der Waals surface area contributed by atoms with Crippen molar-refractivity contribution < 1.29 is 0 Å². The van der Waals surface area contributed by atoms with Gasteiger partial charge in [0, 0.05) is 25.7 Å². The number of aromatic nitrogens is 1. The highest BCUT2D eigenvalue weighted by molar-refractivity contribution is 5.41. The molecule has 0 amide bonds. The topological polar surface area (TPSA) is 31.4 Å². The van der Waals surface area contributed by atoms with Crippen LogP contribution in [0, 0.1) is 5.92 Å². The number of nitrogens with zero attached hydrogens (tertiary/aromatic N) is 3. The molecule has 112 valence electrons. The van der Waals surface area contributed by atoms with E-state index in [2.05, 4.69) is 61.3 Å². The highest BCUT2D eigenvalue weighted by atomic mass is 15.3. The lowest BCUT2D eigenvalue weighted by Gasteiger charge is -2.21. The smallest absolute Gasteiger partial charge is 0.128 e. The fraction of sp³-hybridized carbons (Fsp3) is 0.688. The summed E-state index contributed by atoms with van der Waals surface area (Å²) >= 11 is 0. The molecular weight excluding hydrogens is 248 g/mol. The van der Waals surface area contributed by atoms with E-state index in [4.69, 9.17) is 4.98 Å². The second-order valence-electron chi connectivity index (χ2n) is 6.36. The van der Waals surface area contributed by atoms with E-state index in [1.807, 2.05) is 0 Å². The quantitative estimate of drug-likeness (QED) is 0.861. The minimum atomic E-state index is 0.652. The molecule has 0 saturated carbocycles. The minimum Gasteiger partial charge on any atom is -0.355 e. The van der Waals surface area contributed by atoms with Crippen LogP contribution < -0.4 is 10.2 Å². The Labute approximate surface area is 123 Å². The molecule has 0 bridgehead atoms. The minimum absolute atomic E-state index is 0.652. The highest BCUT2D eigenvalue weighted by Gasteiger charge is 2.24. The number of rotatable bonds is 6. The Morgan fingerprint density at radius 1 is 1.40 bits per heavy atom. The summed E-state index contributed by atoms with van der Waals surface area (Å²) in [6.45, 7) is 8.54. The van der Waals surface area contributed by atoms with Crippen LogP contribution in [0.25, 0.3) is 0 Å². The van der Waals surface area contributed by atoms with Crippen LogP contribution in [-0.2, 0) is 6.54 Å². The molecule has 1 aromatic heterocycles. The molecule has 1 unspecified atom stereocenters. The van der Waals surface area contributed by atoms with Gasteiger partial charge in [-0.15, -0.1) is 0 Å². The van der Waals surface area contributed by atoms with Gasteiger partial charge in [0.15, 0.2) is 0 Å². The van der Waals surface area contributed by atoms with Crippen LogP contribution in [0.1, 0.15) is 26.0 Å². The largest absolute Gasteiger partial charge is 0.355 e. The van der Waals surface area contributed by atoms with Gasteiger partial charge >= 0.3 is 0 Å². The summed E-state index contributed by atoms with van der Waals surface area (Å²) in [5.41, 5.74) is 1.14. The Balaban J connectivity index is 1.93. The van der Waals surface area contributed by atoms with Gasteiger partial charge in [-0.2, -0.15) is 0 Å². The molecule has 1 aliphatic rings. The molecule has 1 saturated heterocycles. The first-order chi connectivity index (χ1) is 9.56. The summed E-state index contributed by atoms with van der Waals surface area (Å²) in [5.74, 6) is 1.80. The molecule has 0 aromatic carbocycles. The van der Waals surface area contributed by atoms with Gasteiger partial charge in [0.2, 0.25) is 0 Å². The number of anilines is 1. The number of hydrogen-bond acceptors (Lipinski definition) is 4. The standard InChI is InChI=1S/C16H28N4/c1-13(2)10-17-11-14-6-5-7-16(18-14)20-9-8-15(12-20)19(3)4/h5-7,13,15,17H,8-12H2,1-4H3. The van der Waals surface area contributed by atoms with Crippen molar-refractivity contribution in [3.8, 4) is 0 Å². The normalized spacial score (nSPS) is 19.3. The van der Waals surface area contributed by atoms with E-state index in [1.165, 1.54) is 6.42 Å². The van der Waals surface area contributed by atoms with E-state index in [9.17, 15) is 0 Å². The van der Waals surface area contributed by atoms with E-state index in [-0.39, 0.29) is 0 Å². The molecule has 1 N–H and O–H groups in total. The maximum Gasteiger partial charge on any atom is 0.128 e. The first-order valence-corrected chi connectivity index (χ1v) is 7.64. The van der Waals surface area contributed by atoms with Gasteiger partial charge in [-0.05, 0) is 45.1 Å². The molecule has 2 rings (SSSR count). The van der Waals surface area contributed by atoms with Crippen LogP contribution in [0.3, 0.4) is 0 Å². The van der Waals surface area contributed by atoms with Crippen LogP contribution in [0.5, 0.6) is 0 Å². The monoisotopic (exact) mass is 276 g/mol. The molecule has 1 atom stereocenters. The zero-order valence-corrected chi connectivity index (χ0v) is 13.3. The van der Waals surface area contributed by atoms with Crippen LogP contribution in [-0.4, -0.2) is 49.7 Å². The summed E-state index contributed by atoms with van der Waals surface area (Å²) in [6, 6.07) is 7.01. The molecule has 4 heteroatoms. The Bertz CT molecular complexity index is 417. The third-order valence-electron chi connectivity index (χ3n) is 3.87. The average molecular weight is 276 g/mol. The average Bonchev–Trinajstić information content (AvgIpc) is 2.88.